The molecule has 0 saturated carbocycles. The second-order valence-corrected chi connectivity index (χ2v) is 4.82. The topological polar surface area (TPSA) is 51.7 Å². The maximum Gasteiger partial charge on any atom is 0.269 e. The van der Waals surface area contributed by atoms with Crippen LogP contribution < -0.4 is 14.4 Å². The van der Waals surface area contributed by atoms with Crippen molar-refractivity contribution in [2.24, 2.45) is 0 Å². The Morgan fingerprint density at radius 3 is 2.90 bits per heavy atom. The summed E-state index contributed by atoms with van der Waals surface area (Å²) < 4.78 is 10.9. The molecule has 0 fully saturated rings. The molecule has 1 aliphatic rings. The van der Waals surface area contributed by atoms with Crippen molar-refractivity contribution >= 4 is 11.7 Å². The highest BCUT2D eigenvalue weighted by molar-refractivity contribution is 5.98. The van der Waals surface area contributed by atoms with Gasteiger partial charge in [-0.15, -0.1) is 0 Å². The molecule has 0 N–H and O–H groups in total. The van der Waals surface area contributed by atoms with Crippen molar-refractivity contribution < 1.29 is 14.3 Å². The molecule has 0 radical (unpaired) electrons. The van der Waals surface area contributed by atoms with Gasteiger partial charge in [-0.05, 0) is 25.1 Å². The minimum Gasteiger partial charge on any atom is -0.496 e. The van der Waals surface area contributed by atoms with Crippen LogP contribution in [0.4, 0.5) is 5.82 Å². The summed E-state index contributed by atoms with van der Waals surface area (Å²) >= 11 is 0. The van der Waals surface area contributed by atoms with Crippen LogP contribution in [0.1, 0.15) is 12.5 Å². The largest absolute Gasteiger partial charge is 0.496 e. The predicted octanol–water partition coefficient (Wildman–Crippen LogP) is 2.40. The van der Waals surface area contributed by atoms with Gasteiger partial charge >= 0.3 is 0 Å². The van der Waals surface area contributed by atoms with Crippen LogP contribution in [0.25, 0.3) is 0 Å². The van der Waals surface area contributed by atoms with Crippen LogP contribution in [-0.2, 0) is 11.3 Å². The Morgan fingerprint density at radius 2 is 2.10 bits per heavy atom. The molecule has 1 aromatic heterocycles. The molecule has 1 amide bonds. The lowest BCUT2D eigenvalue weighted by atomic mass is 10.1. The first kappa shape index (κ1) is 13.4. The number of amides is 1. The summed E-state index contributed by atoms with van der Waals surface area (Å²) in [4.78, 5) is 18.3. The average molecular weight is 284 g/mol. The summed E-state index contributed by atoms with van der Waals surface area (Å²) in [7, 11) is 1.62. The first-order valence-electron chi connectivity index (χ1n) is 6.75. The third kappa shape index (κ3) is 2.42. The van der Waals surface area contributed by atoms with Gasteiger partial charge in [-0.2, -0.15) is 0 Å². The number of aromatic nitrogens is 1. The summed E-state index contributed by atoms with van der Waals surface area (Å²) in [6.45, 7) is 2.15. The quantitative estimate of drug-likeness (QED) is 0.868. The Morgan fingerprint density at radius 1 is 1.29 bits per heavy atom. The van der Waals surface area contributed by atoms with E-state index in [0.717, 1.165) is 11.3 Å². The molecular formula is C16H16N2O3. The number of fused-ring (bicyclic) bond motifs is 1. The molecular weight excluding hydrogens is 268 g/mol. The molecule has 21 heavy (non-hydrogen) atoms. The lowest BCUT2D eigenvalue weighted by Crippen LogP contribution is -2.44. The summed E-state index contributed by atoms with van der Waals surface area (Å²) in [5.74, 6) is 1.82. The molecule has 1 atom stereocenters. The summed E-state index contributed by atoms with van der Waals surface area (Å²) in [6.07, 6.45) is 1.14. The van der Waals surface area contributed by atoms with E-state index in [-0.39, 0.29) is 5.91 Å². The fourth-order valence-electron chi connectivity index (χ4n) is 2.40. The molecule has 0 aliphatic carbocycles. The third-order valence-corrected chi connectivity index (χ3v) is 3.45. The van der Waals surface area contributed by atoms with E-state index in [1.54, 1.807) is 31.2 Å². The van der Waals surface area contributed by atoms with E-state index in [1.165, 1.54) is 0 Å². The van der Waals surface area contributed by atoms with Gasteiger partial charge in [0.05, 0.1) is 13.7 Å². The number of nitrogens with zero attached hydrogens (tertiary/aromatic N) is 2. The van der Waals surface area contributed by atoms with Gasteiger partial charge in [0.2, 0.25) is 0 Å². The van der Waals surface area contributed by atoms with Gasteiger partial charge in [-0.1, -0.05) is 18.2 Å². The second kappa shape index (κ2) is 5.44. The van der Waals surface area contributed by atoms with E-state index < -0.39 is 6.10 Å². The van der Waals surface area contributed by atoms with Crippen molar-refractivity contribution in [3.05, 3.63) is 48.2 Å². The number of benzene rings is 1. The van der Waals surface area contributed by atoms with Crippen LogP contribution in [0.5, 0.6) is 11.5 Å². The number of carbonyl (C=O) groups excluding carboxylic acids is 1. The molecule has 5 heteroatoms. The predicted molar refractivity (Wildman–Crippen MR) is 78.5 cm³/mol. The van der Waals surface area contributed by atoms with E-state index in [2.05, 4.69) is 4.98 Å². The van der Waals surface area contributed by atoms with Crippen molar-refractivity contribution in [3.8, 4) is 11.5 Å². The highest BCUT2D eigenvalue weighted by Crippen LogP contribution is 2.33. The van der Waals surface area contributed by atoms with Gasteiger partial charge in [0.25, 0.3) is 5.91 Å². The summed E-state index contributed by atoms with van der Waals surface area (Å²) in [5, 5.41) is 0. The zero-order valence-electron chi connectivity index (χ0n) is 11.9. The van der Waals surface area contributed by atoms with E-state index in [1.807, 2.05) is 30.3 Å². The number of hydrogen-bond donors (Lipinski definition) is 0. The average Bonchev–Trinajstić information content (AvgIpc) is 2.52. The van der Waals surface area contributed by atoms with Crippen LogP contribution in [-0.4, -0.2) is 24.1 Å². The van der Waals surface area contributed by atoms with Gasteiger partial charge in [-0.3, -0.25) is 9.69 Å². The number of ether oxygens (including phenoxy) is 2. The van der Waals surface area contributed by atoms with E-state index in [4.69, 9.17) is 9.47 Å². The van der Waals surface area contributed by atoms with Crippen molar-refractivity contribution in [3.63, 3.8) is 0 Å². The minimum absolute atomic E-state index is 0.105. The van der Waals surface area contributed by atoms with Gasteiger partial charge in [0.1, 0.15) is 5.75 Å². The molecule has 108 valence electrons. The normalized spacial score (nSPS) is 17.1. The van der Waals surface area contributed by atoms with Gasteiger partial charge < -0.3 is 9.47 Å². The van der Waals surface area contributed by atoms with Crippen molar-refractivity contribution in [2.45, 2.75) is 19.6 Å². The number of rotatable bonds is 3. The number of hydrogen-bond acceptors (Lipinski definition) is 4. The van der Waals surface area contributed by atoms with E-state index in [0.29, 0.717) is 18.1 Å². The smallest absolute Gasteiger partial charge is 0.269 e. The van der Waals surface area contributed by atoms with Crippen molar-refractivity contribution in [1.82, 2.24) is 4.98 Å². The first-order chi connectivity index (χ1) is 10.2. The minimum atomic E-state index is -0.517. The van der Waals surface area contributed by atoms with Crippen LogP contribution >= 0.6 is 0 Å². The fourth-order valence-corrected chi connectivity index (χ4v) is 2.40. The van der Waals surface area contributed by atoms with Crippen LogP contribution in [0.2, 0.25) is 0 Å². The Labute approximate surface area is 123 Å². The molecule has 0 saturated heterocycles. The standard InChI is InChI=1S/C16H16N2O3/c1-11-16(19)18(15-14(21-11)8-5-9-17-15)10-12-6-3-4-7-13(12)20-2/h3-9,11H,10H2,1-2H3. The van der Waals surface area contributed by atoms with Crippen LogP contribution in [0.3, 0.4) is 0 Å². The molecule has 2 heterocycles. The molecule has 0 spiro atoms. The number of anilines is 1. The molecule has 2 aromatic rings. The van der Waals surface area contributed by atoms with E-state index >= 15 is 0 Å². The number of carbonyl (C=O) groups is 1. The summed E-state index contributed by atoms with van der Waals surface area (Å²) in [5.41, 5.74) is 0.930. The third-order valence-electron chi connectivity index (χ3n) is 3.45. The Kier molecular flexibility index (Phi) is 3.48. The molecule has 0 bridgehead atoms. The first-order valence-corrected chi connectivity index (χ1v) is 6.75. The van der Waals surface area contributed by atoms with Crippen LogP contribution in [0.15, 0.2) is 42.6 Å². The fraction of sp³-hybridized carbons (Fsp3) is 0.250. The number of para-hydroxylation sites is 1. The highest BCUT2D eigenvalue weighted by Gasteiger charge is 2.32. The lowest BCUT2D eigenvalue weighted by molar-refractivity contribution is -0.125. The maximum atomic E-state index is 12.4. The highest BCUT2D eigenvalue weighted by atomic mass is 16.5. The number of pyridine rings is 1. The molecule has 3 rings (SSSR count). The SMILES string of the molecule is COc1ccccc1CN1C(=O)C(C)Oc2cccnc21. The monoisotopic (exact) mass is 284 g/mol. The van der Waals surface area contributed by atoms with Crippen LogP contribution in [0, 0.1) is 0 Å². The Bertz CT molecular complexity index is 672. The zero-order valence-corrected chi connectivity index (χ0v) is 11.9. The lowest BCUT2D eigenvalue weighted by Gasteiger charge is -2.32. The maximum absolute atomic E-state index is 12.4. The van der Waals surface area contributed by atoms with Gasteiger partial charge in [0, 0.05) is 11.8 Å². The zero-order chi connectivity index (χ0) is 14.8. The Balaban J connectivity index is 1.99. The second-order valence-electron chi connectivity index (χ2n) is 4.82. The van der Waals surface area contributed by atoms with Crippen molar-refractivity contribution in [1.29, 1.82) is 0 Å². The van der Waals surface area contributed by atoms with E-state index in [9.17, 15) is 4.79 Å². The van der Waals surface area contributed by atoms with Gasteiger partial charge in [-0.25, -0.2) is 4.98 Å². The molecule has 1 aromatic carbocycles. The molecule has 1 unspecified atom stereocenters. The summed E-state index contributed by atoms with van der Waals surface area (Å²) in [6, 6.07) is 11.3. The number of methoxy groups -OCH3 is 1. The Hall–Kier alpha value is -2.56. The molecule has 5 nitrogen and oxygen atoms in total. The molecule has 1 aliphatic heterocycles. The van der Waals surface area contributed by atoms with Gasteiger partial charge in [0.15, 0.2) is 17.7 Å². The van der Waals surface area contributed by atoms with Crippen molar-refractivity contribution in [2.75, 3.05) is 12.0 Å².